The minimum Gasteiger partial charge on any atom is -0.354 e. The molecule has 6 heteroatoms. The molecule has 0 spiro atoms. The number of fused-ring (bicyclic) bond motifs is 1. The van der Waals surface area contributed by atoms with Gasteiger partial charge in [-0.25, -0.2) is 4.39 Å². The smallest absolute Gasteiger partial charge is 0.267 e. The molecule has 1 aliphatic carbocycles. The number of aromatic nitrogens is 1. The van der Waals surface area contributed by atoms with E-state index in [0.717, 1.165) is 31.2 Å². The standard InChI is InChI=1S/C18H22FN3O2/c1-10-3-8-15(19)14-9-16(22-17(10)14)18(24)21-13-6-4-12(5-7-13)20-11(2)23/h3,8-9,12-13,22H,4-7H2,1-2H3,(H,20,23)(H,21,24)/t12-,13-. The van der Waals surface area contributed by atoms with E-state index in [1.807, 2.05) is 6.92 Å². The van der Waals surface area contributed by atoms with Crippen molar-refractivity contribution in [2.75, 3.05) is 0 Å². The molecule has 5 nitrogen and oxygen atoms in total. The van der Waals surface area contributed by atoms with Crippen LogP contribution in [0.5, 0.6) is 0 Å². The van der Waals surface area contributed by atoms with Crippen molar-refractivity contribution >= 4 is 22.7 Å². The fourth-order valence-electron chi connectivity index (χ4n) is 3.38. The van der Waals surface area contributed by atoms with Crippen LogP contribution in [0.2, 0.25) is 0 Å². The number of halogens is 1. The lowest BCUT2D eigenvalue weighted by Crippen LogP contribution is -2.43. The van der Waals surface area contributed by atoms with Crippen LogP contribution in [-0.4, -0.2) is 28.9 Å². The monoisotopic (exact) mass is 331 g/mol. The predicted octanol–water partition coefficient (Wildman–Crippen LogP) is 2.79. The highest BCUT2D eigenvalue weighted by Crippen LogP contribution is 2.23. The molecule has 1 aliphatic rings. The summed E-state index contributed by atoms with van der Waals surface area (Å²) in [5.41, 5.74) is 1.94. The molecule has 3 N–H and O–H groups in total. The minimum absolute atomic E-state index is 0.0158. The molecule has 0 aliphatic heterocycles. The molecule has 2 amide bonds. The molecule has 1 fully saturated rings. The van der Waals surface area contributed by atoms with Crippen molar-refractivity contribution in [3.8, 4) is 0 Å². The summed E-state index contributed by atoms with van der Waals surface area (Å²) < 4.78 is 13.9. The number of aryl methyl sites for hydroxylation is 1. The first-order valence-electron chi connectivity index (χ1n) is 8.30. The second-order valence-corrected chi connectivity index (χ2v) is 6.56. The van der Waals surface area contributed by atoms with Crippen molar-refractivity contribution in [3.05, 3.63) is 35.3 Å². The molecule has 24 heavy (non-hydrogen) atoms. The highest BCUT2D eigenvalue weighted by atomic mass is 19.1. The van der Waals surface area contributed by atoms with Gasteiger partial charge < -0.3 is 15.6 Å². The fourth-order valence-corrected chi connectivity index (χ4v) is 3.38. The van der Waals surface area contributed by atoms with E-state index in [1.165, 1.54) is 13.0 Å². The lowest BCUT2D eigenvalue weighted by atomic mass is 9.91. The highest BCUT2D eigenvalue weighted by molar-refractivity contribution is 5.99. The van der Waals surface area contributed by atoms with Gasteiger partial charge in [-0.15, -0.1) is 0 Å². The van der Waals surface area contributed by atoms with Gasteiger partial charge in [0.05, 0.1) is 5.52 Å². The maximum absolute atomic E-state index is 13.9. The Labute approximate surface area is 140 Å². The number of nitrogens with one attached hydrogen (secondary N) is 3. The minimum atomic E-state index is -0.332. The molecule has 0 saturated heterocycles. The van der Waals surface area contributed by atoms with Gasteiger partial charge in [-0.2, -0.15) is 0 Å². The summed E-state index contributed by atoms with van der Waals surface area (Å²) in [5.74, 6) is -0.562. The number of amides is 2. The number of carbonyl (C=O) groups is 2. The maximum atomic E-state index is 13.9. The fraction of sp³-hybridized carbons (Fsp3) is 0.444. The molecule has 0 atom stereocenters. The summed E-state index contributed by atoms with van der Waals surface area (Å²) in [6.45, 7) is 3.40. The number of aromatic amines is 1. The average Bonchev–Trinajstić information content (AvgIpc) is 2.99. The molecule has 2 aromatic rings. The van der Waals surface area contributed by atoms with E-state index in [2.05, 4.69) is 15.6 Å². The van der Waals surface area contributed by atoms with E-state index in [1.54, 1.807) is 12.1 Å². The Morgan fingerprint density at radius 3 is 2.33 bits per heavy atom. The summed E-state index contributed by atoms with van der Waals surface area (Å²) in [5, 5.41) is 6.36. The molecule has 0 bridgehead atoms. The van der Waals surface area contributed by atoms with E-state index in [9.17, 15) is 14.0 Å². The number of H-pyrrole nitrogens is 1. The molecule has 128 valence electrons. The van der Waals surface area contributed by atoms with Crippen LogP contribution in [0.3, 0.4) is 0 Å². The van der Waals surface area contributed by atoms with Crippen LogP contribution >= 0.6 is 0 Å². The Bertz CT molecular complexity index is 737. The van der Waals surface area contributed by atoms with Crippen LogP contribution in [0.4, 0.5) is 4.39 Å². The van der Waals surface area contributed by atoms with Gasteiger partial charge >= 0.3 is 0 Å². The average molecular weight is 331 g/mol. The van der Waals surface area contributed by atoms with Crippen molar-refractivity contribution < 1.29 is 14.0 Å². The van der Waals surface area contributed by atoms with Gasteiger partial charge in [0.25, 0.3) is 5.91 Å². The summed E-state index contributed by atoms with van der Waals surface area (Å²) in [6.07, 6.45) is 3.35. The van der Waals surface area contributed by atoms with Gasteiger partial charge in [0, 0.05) is 24.4 Å². The first kappa shape index (κ1) is 16.5. The van der Waals surface area contributed by atoms with Crippen molar-refractivity contribution in [2.24, 2.45) is 0 Å². The third-order valence-corrected chi connectivity index (χ3v) is 4.66. The van der Waals surface area contributed by atoms with Crippen molar-refractivity contribution in [2.45, 2.75) is 51.6 Å². The van der Waals surface area contributed by atoms with Gasteiger partial charge in [0.1, 0.15) is 11.5 Å². The summed E-state index contributed by atoms with van der Waals surface area (Å²) >= 11 is 0. The topological polar surface area (TPSA) is 74.0 Å². The third-order valence-electron chi connectivity index (χ3n) is 4.66. The number of rotatable bonds is 3. The zero-order valence-electron chi connectivity index (χ0n) is 13.9. The van der Waals surface area contributed by atoms with Gasteiger partial charge in [-0.05, 0) is 50.3 Å². The van der Waals surface area contributed by atoms with Crippen molar-refractivity contribution in [1.82, 2.24) is 15.6 Å². The van der Waals surface area contributed by atoms with Gasteiger partial charge in [-0.3, -0.25) is 9.59 Å². The Morgan fingerprint density at radius 2 is 1.75 bits per heavy atom. The summed E-state index contributed by atoms with van der Waals surface area (Å²) in [7, 11) is 0. The predicted molar refractivity (Wildman–Crippen MR) is 90.3 cm³/mol. The van der Waals surface area contributed by atoms with Gasteiger partial charge in [-0.1, -0.05) is 6.07 Å². The number of hydrogen-bond donors (Lipinski definition) is 3. The van der Waals surface area contributed by atoms with E-state index in [4.69, 9.17) is 0 Å². The lowest BCUT2D eigenvalue weighted by Gasteiger charge is -2.29. The maximum Gasteiger partial charge on any atom is 0.267 e. The molecule has 0 unspecified atom stereocenters. The van der Waals surface area contributed by atoms with Gasteiger partial charge in [0.2, 0.25) is 5.91 Å². The van der Waals surface area contributed by atoms with Crippen LogP contribution < -0.4 is 10.6 Å². The summed E-state index contributed by atoms with van der Waals surface area (Å²) in [6, 6.07) is 4.95. The SMILES string of the molecule is CC(=O)N[C@H]1CC[C@H](NC(=O)c2cc3c(F)ccc(C)c3[nH]2)CC1. The Hall–Kier alpha value is -2.37. The molecule has 1 aromatic heterocycles. The lowest BCUT2D eigenvalue weighted by molar-refractivity contribution is -0.119. The second kappa shape index (κ2) is 6.63. The zero-order valence-corrected chi connectivity index (χ0v) is 13.9. The van der Waals surface area contributed by atoms with Gasteiger partial charge in [0.15, 0.2) is 0 Å². The molecular formula is C18H22FN3O2. The Kier molecular flexibility index (Phi) is 4.55. The second-order valence-electron chi connectivity index (χ2n) is 6.56. The molecule has 1 heterocycles. The number of hydrogen-bond acceptors (Lipinski definition) is 2. The van der Waals surface area contributed by atoms with Crippen LogP contribution in [0.15, 0.2) is 18.2 Å². The largest absolute Gasteiger partial charge is 0.354 e. The van der Waals surface area contributed by atoms with Crippen molar-refractivity contribution in [1.29, 1.82) is 0 Å². The number of benzene rings is 1. The van der Waals surface area contributed by atoms with Crippen LogP contribution in [0.25, 0.3) is 10.9 Å². The van der Waals surface area contributed by atoms with E-state index in [0.29, 0.717) is 16.6 Å². The zero-order chi connectivity index (χ0) is 17.3. The molecule has 3 rings (SSSR count). The highest BCUT2D eigenvalue weighted by Gasteiger charge is 2.24. The van der Waals surface area contributed by atoms with Crippen LogP contribution in [-0.2, 0) is 4.79 Å². The Morgan fingerprint density at radius 1 is 1.12 bits per heavy atom. The van der Waals surface area contributed by atoms with E-state index in [-0.39, 0.29) is 29.7 Å². The van der Waals surface area contributed by atoms with E-state index >= 15 is 0 Å². The molecule has 0 radical (unpaired) electrons. The molecular weight excluding hydrogens is 309 g/mol. The molecule has 1 aromatic carbocycles. The third kappa shape index (κ3) is 3.42. The number of carbonyl (C=O) groups excluding carboxylic acids is 2. The first-order chi connectivity index (χ1) is 11.4. The first-order valence-corrected chi connectivity index (χ1v) is 8.30. The van der Waals surface area contributed by atoms with Crippen LogP contribution in [0, 0.1) is 12.7 Å². The quantitative estimate of drug-likeness (QED) is 0.809. The van der Waals surface area contributed by atoms with Crippen LogP contribution in [0.1, 0.15) is 48.7 Å². The van der Waals surface area contributed by atoms with Crippen molar-refractivity contribution in [3.63, 3.8) is 0 Å². The summed E-state index contributed by atoms with van der Waals surface area (Å²) in [4.78, 5) is 26.5. The Balaban J connectivity index is 1.65. The molecule has 1 saturated carbocycles. The normalized spacial score (nSPS) is 20.8. The van der Waals surface area contributed by atoms with E-state index < -0.39 is 0 Å².